The van der Waals surface area contributed by atoms with Gasteiger partial charge in [0.2, 0.25) is 5.91 Å². The van der Waals surface area contributed by atoms with E-state index in [0.717, 1.165) is 34.3 Å². The van der Waals surface area contributed by atoms with Gasteiger partial charge in [0.1, 0.15) is 11.3 Å². The molecule has 138 valence electrons. The number of hydrogen-bond acceptors (Lipinski definition) is 3. The SMILES string of the molecule is CCc1oc2ccccc2c1CN(C)C(=O)CC(N)c1ccccc1.Cl. The molecule has 0 saturated heterocycles. The van der Waals surface area contributed by atoms with Crippen LogP contribution in [0, 0.1) is 0 Å². The van der Waals surface area contributed by atoms with Crippen molar-refractivity contribution in [2.24, 2.45) is 5.73 Å². The highest BCUT2D eigenvalue weighted by Crippen LogP contribution is 2.27. The second-order valence-electron chi connectivity index (χ2n) is 6.32. The Morgan fingerprint density at radius 3 is 2.46 bits per heavy atom. The van der Waals surface area contributed by atoms with Crippen LogP contribution >= 0.6 is 12.4 Å². The van der Waals surface area contributed by atoms with Crippen molar-refractivity contribution in [1.29, 1.82) is 0 Å². The fraction of sp³-hybridized carbons (Fsp3) is 0.286. The number of carbonyl (C=O) groups is 1. The summed E-state index contributed by atoms with van der Waals surface area (Å²) in [7, 11) is 1.82. The minimum absolute atomic E-state index is 0. The van der Waals surface area contributed by atoms with E-state index in [1.165, 1.54) is 0 Å². The Morgan fingerprint density at radius 1 is 1.12 bits per heavy atom. The molecule has 3 aromatic rings. The highest BCUT2D eigenvalue weighted by atomic mass is 35.5. The van der Waals surface area contributed by atoms with Gasteiger partial charge in [0, 0.05) is 43.4 Å². The standard InChI is InChI=1S/C21H24N2O2.ClH/c1-3-19-17(16-11-7-8-12-20(16)25-19)14-23(2)21(24)13-18(22)15-9-5-4-6-10-15;/h4-12,18H,3,13-14,22H2,1-2H3;1H. The number of fused-ring (bicyclic) bond motifs is 1. The minimum Gasteiger partial charge on any atom is -0.461 e. The molecule has 0 aliphatic carbocycles. The van der Waals surface area contributed by atoms with Crippen molar-refractivity contribution in [3.05, 3.63) is 71.5 Å². The molecule has 3 rings (SSSR count). The van der Waals surface area contributed by atoms with Crippen molar-refractivity contribution >= 4 is 29.3 Å². The number of furan rings is 1. The Hall–Kier alpha value is -2.30. The lowest BCUT2D eigenvalue weighted by Crippen LogP contribution is -2.29. The first-order valence-corrected chi connectivity index (χ1v) is 8.64. The van der Waals surface area contributed by atoms with Crippen LogP contribution in [0.3, 0.4) is 0 Å². The Balaban J connectivity index is 0.00000243. The summed E-state index contributed by atoms with van der Waals surface area (Å²) < 4.78 is 5.92. The van der Waals surface area contributed by atoms with E-state index < -0.39 is 0 Å². The van der Waals surface area contributed by atoms with Crippen molar-refractivity contribution in [2.45, 2.75) is 32.4 Å². The first-order chi connectivity index (χ1) is 12.1. The number of amides is 1. The summed E-state index contributed by atoms with van der Waals surface area (Å²) in [5.41, 5.74) is 9.12. The highest BCUT2D eigenvalue weighted by Gasteiger charge is 2.19. The molecule has 1 unspecified atom stereocenters. The summed E-state index contributed by atoms with van der Waals surface area (Å²) in [6, 6.07) is 17.4. The summed E-state index contributed by atoms with van der Waals surface area (Å²) >= 11 is 0. The molecule has 26 heavy (non-hydrogen) atoms. The lowest BCUT2D eigenvalue weighted by Gasteiger charge is -2.20. The van der Waals surface area contributed by atoms with Crippen molar-refractivity contribution in [3.8, 4) is 0 Å². The molecule has 5 heteroatoms. The Morgan fingerprint density at radius 2 is 1.77 bits per heavy atom. The van der Waals surface area contributed by atoms with Crippen LogP contribution in [-0.2, 0) is 17.8 Å². The zero-order valence-electron chi connectivity index (χ0n) is 15.1. The number of hydrogen-bond donors (Lipinski definition) is 1. The maximum atomic E-state index is 12.6. The third-order valence-electron chi connectivity index (χ3n) is 4.55. The molecule has 2 aromatic carbocycles. The van der Waals surface area contributed by atoms with Crippen LogP contribution in [0.1, 0.15) is 36.3 Å². The van der Waals surface area contributed by atoms with Crippen LogP contribution in [0.25, 0.3) is 11.0 Å². The van der Waals surface area contributed by atoms with Gasteiger partial charge in [-0.2, -0.15) is 0 Å². The number of nitrogens with two attached hydrogens (primary N) is 1. The van der Waals surface area contributed by atoms with E-state index in [9.17, 15) is 4.79 Å². The Kier molecular flexibility index (Phi) is 6.83. The quantitative estimate of drug-likeness (QED) is 0.694. The van der Waals surface area contributed by atoms with Gasteiger partial charge in [0.15, 0.2) is 0 Å². The molecule has 0 aliphatic rings. The van der Waals surface area contributed by atoms with Gasteiger partial charge in [-0.1, -0.05) is 55.5 Å². The number of benzene rings is 2. The largest absolute Gasteiger partial charge is 0.461 e. The summed E-state index contributed by atoms with van der Waals surface area (Å²) in [6.45, 7) is 2.59. The number of halogens is 1. The van der Waals surface area contributed by atoms with E-state index in [1.54, 1.807) is 4.90 Å². The van der Waals surface area contributed by atoms with Crippen LogP contribution in [0.2, 0.25) is 0 Å². The van der Waals surface area contributed by atoms with Crippen LogP contribution in [0.15, 0.2) is 59.0 Å². The maximum absolute atomic E-state index is 12.6. The van der Waals surface area contributed by atoms with Gasteiger partial charge >= 0.3 is 0 Å². The maximum Gasteiger partial charge on any atom is 0.224 e. The Bertz CT molecular complexity index is 861. The predicted molar refractivity (Wildman–Crippen MR) is 107 cm³/mol. The molecule has 0 fully saturated rings. The van der Waals surface area contributed by atoms with Gasteiger partial charge in [0.25, 0.3) is 0 Å². The molecule has 0 bridgehead atoms. The molecule has 1 heterocycles. The number of rotatable bonds is 6. The highest BCUT2D eigenvalue weighted by molar-refractivity contribution is 5.85. The molecule has 0 spiro atoms. The van der Waals surface area contributed by atoms with Crippen molar-refractivity contribution < 1.29 is 9.21 Å². The third kappa shape index (κ3) is 4.26. The Labute approximate surface area is 160 Å². The molecular weight excluding hydrogens is 348 g/mol. The van der Waals surface area contributed by atoms with Crippen molar-refractivity contribution in [1.82, 2.24) is 4.90 Å². The average molecular weight is 373 g/mol. The van der Waals surface area contributed by atoms with E-state index >= 15 is 0 Å². The lowest BCUT2D eigenvalue weighted by molar-refractivity contribution is -0.130. The first-order valence-electron chi connectivity index (χ1n) is 8.64. The molecule has 0 radical (unpaired) electrons. The van der Waals surface area contributed by atoms with Crippen LogP contribution in [0.5, 0.6) is 0 Å². The van der Waals surface area contributed by atoms with Gasteiger partial charge in [-0.15, -0.1) is 12.4 Å². The van der Waals surface area contributed by atoms with Crippen LogP contribution < -0.4 is 5.73 Å². The summed E-state index contributed by atoms with van der Waals surface area (Å²) in [5, 5.41) is 1.08. The summed E-state index contributed by atoms with van der Waals surface area (Å²) in [5.74, 6) is 0.969. The second-order valence-corrected chi connectivity index (χ2v) is 6.32. The zero-order valence-corrected chi connectivity index (χ0v) is 16.0. The van der Waals surface area contributed by atoms with E-state index in [4.69, 9.17) is 10.2 Å². The molecule has 1 aromatic heterocycles. The van der Waals surface area contributed by atoms with Gasteiger partial charge < -0.3 is 15.1 Å². The molecular formula is C21H25ClN2O2. The van der Waals surface area contributed by atoms with E-state index in [1.807, 2.05) is 61.6 Å². The van der Waals surface area contributed by atoms with E-state index in [2.05, 4.69) is 6.92 Å². The minimum atomic E-state index is -0.289. The number of nitrogens with zero attached hydrogens (tertiary/aromatic N) is 1. The van der Waals surface area contributed by atoms with Crippen LogP contribution in [-0.4, -0.2) is 17.9 Å². The van der Waals surface area contributed by atoms with E-state index in [-0.39, 0.29) is 30.8 Å². The predicted octanol–water partition coefficient (Wildman–Crippen LogP) is 4.47. The van der Waals surface area contributed by atoms with Crippen molar-refractivity contribution in [2.75, 3.05) is 7.05 Å². The topological polar surface area (TPSA) is 59.5 Å². The smallest absolute Gasteiger partial charge is 0.224 e. The molecule has 1 atom stereocenters. The number of aryl methyl sites for hydroxylation is 1. The summed E-state index contributed by atoms with van der Waals surface area (Å²) in [6.07, 6.45) is 1.09. The average Bonchev–Trinajstić information content (AvgIpc) is 3.00. The first kappa shape index (κ1) is 20.0. The molecule has 4 nitrogen and oxygen atoms in total. The lowest BCUT2D eigenvalue weighted by atomic mass is 10.0. The molecule has 0 aliphatic heterocycles. The fourth-order valence-corrected chi connectivity index (χ4v) is 3.10. The number of para-hydroxylation sites is 1. The van der Waals surface area contributed by atoms with Crippen molar-refractivity contribution in [3.63, 3.8) is 0 Å². The van der Waals surface area contributed by atoms with Gasteiger partial charge in [-0.3, -0.25) is 4.79 Å². The van der Waals surface area contributed by atoms with Gasteiger partial charge in [-0.25, -0.2) is 0 Å². The summed E-state index contributed by atoms with van der Waals surface area (Å²) in [4.78, 5) is 14.3. The van der Waals surface area contributed by atoms with Gasteiger partial charge in [0.05, 0.1) is 0 Å². The molecule has 0 saturated carbocycles. The molecule has 1 amide bonds. The van der Waals surface area contributed by atoms with Gasteiger partial charge in [-0.05, 0) is 11.6 Å². The number of carbonyl (C=O) groups excluding carboxylic acids is 1. The monoisotopic (exact) mass is 372 g/mol. The van der Waals surface area contributed by atoms with Crippen LogP contribution in [0.4, 0.5) is 0 Å². The molecule has 2 N–H and O–H groups in total. The normalized spacial score (nSPS) is 11.8. The third-order valence-corrected chi connectivity index (χ3v) is 4.55. The second kappa shape index (κ2) is 8.88. The van der Waals surface area contributed by atoms with E-state index in [0.29, 0.717) is 6.54 Å². The fourth-order valence-electron chi connectivity index (χ4n) is 3.10. The zero-order chi connectivity index (χ0) is 17.8.